The number of hydrogen-bond donors (Lipinski definition) is 7. The number of fused-ring (bicyclic) bond motifs is 15. The lowest BCUT2D eigenvalue weighted by molar-refractivity contribution is -0.160. The fraction of sp³-hybridized carbons (Fsp3) is 0.508. The first kappa shape index (κ1) is 59.1. The number of aromatic carboxylic acids is 1. The minimum atomic E-state index is -2.12. The monoisotopic (exact) mass is 1140 g/mol. The molecule has 7 heterocycles. The van der Waals surface area contributed by atoms with Gasteiger partial charge in [0.05, 0.1) is 70.4 Å². The number of pyridine rings is 2. The number of aliphatic hydroxyl groups is 2. The van der Waals surface area contributed by atoms with Gasteiger partial charge in [-0.15, -0.1) is 0 Å². The number of allylic oxidation sites excluding steroid dienone is 2. The van der Waals surface area contributed by atoms with E-state index in [0.717, 1.165) is 41.8 Å². The largest absolute Gasteiger partial charge is 0.507 e. The number of ketones is 1. The number of aromatic nitrogens is 1. The van der Waals surface area contributed by atoms with Crippen molar-refractivity contribution in [3.05, 3.63) is 98.0 Å². The highest BCUT2D eigenvalue weighted by atomic mass is 19.1. The summed E-state index contributed by atoms with van der Waals surface area (Å²) >= 11 is 0. The smallest absolute Gasteiger partial charge is 0.341 e. The van der Waals surface area contributed by atoms with E-state index in [9.17, 15) is 54.6 Å². The first-order valence-corrected chi connectivity index (χ1v) is 28.0. The molecule has 440 valence electrons. The van der Waals surface area contributed by atoms with E-state index >= 15 is 4.39 Å². The standard InChI is InChI=1S/C61H74FN5O15/c1-28-13-11-14-29(2)58(75)64-47-41(24-63-66-21-18-38(26-66)37-15-12-20-65(25-37)49-31(4)48-39(36-16-17-36)23-40(60(77)78)59(76)67(48)27-42(49)62)53(72)44-45(54(47)73)52(71)34(7)56-46(44)57(74)61(9,82-56)80-22-19-43(79-10)30(3)55(81-35(8)68)33(6)51(70)32(5)50(28)69/h11,13-14,19,22-24,27-28,30,32-33,36-38,43,50-51,55,69-73H,12,15-18,20-21,25-26H2,1-10H3,(H,64,75)(H,77,78)/b13-11+,22-19+,29-14-,63-24-/t28-,30+,32+,33+,37?,38?,43-,50-,51+,55+,61-/m0/s1. The summed E-state index contributed by atoms with van der Waals surface area (Å²) < 4.78 is 41.3. The topological polar surface area (TPSA) is 279 Å². The van der Waals surface area contributed by atoms with Crippen LogP contribution in [0.4, 0.5) is 15.8 Å². The van der Waals surface area contributed by atoms with Crippen LogP contribution < -0.4 is 20.5 Å². The maximum absolute atomic E-state index is 16.3. The van der Waals surface area contributed by atoms with E-state index in [-0.39, 0.29) is 62.2 Å². The normalized spacial score (nSPS) is 29.9. The Morgan fingerprint density at radius 2 is 1.60 bits per heavy atom. The minimum Gasteiger partial charge on any atom is -0.507 e. The second kappa shape index (κ2) is 23.0. The summed E-state index contributed by atoms with van der Waals surface area (Å²) in [5.74, 6) is -10.8. The van der Waals surface area contributed by atoms with Gasteiger partial charge in [0.1, 0.15) is 28.9 Å². The van der Waals surface area contributed by atoms with Crippen molar-refractivity contribution in [1.82, 2.24) is 9.41 Å². The molecular weight excluding hydrogens is 1060 g/mol. The van der Waals surface area contributed by atoms with E-state index in [1.165, 1.54) is 65.5 Å². The predicted octanol–water partition coefficient (Wildman–Crippen LogP) is 7.96. The SMILES string of the molecule is CO[C@H]1/C=C/O[C@@]2(C)Oc3c(C)c(O)c4c(O)c(c(/C=N\N5CCC(C6CCCN(c7c(F)cn8c(=O)c(C(=O)O)cc(C9CC9)c8c7C)C6)C5)c(O)c4c3C2=O)NC(=O)/C(C)=C\C=C\[C@H](C)[C@H](O)[C@@H](C)[C@@H](O)[C@@H](C)[C@H](OC(C)=O)[C@@H]1C. The van der Waals surface area contributed by atoms with E-state index in [1.54, 1.807) is 51.8 Å². The van der Waals surface area contributed by atoms with Crippen molar-refractivity contribution < 1.29 is 73.2 Å². The number of aromatic hydroxyl groups is 3. The van der Waals surface area contributed by atoms with Gasteiger partial charge in [-0.05, 0) is 93.9 Å². The number of rotatable bonds is 8. The molecule has 6 aliphatic rings. The van der Waals surface area contributed by atoms with Crippen molar-refractivity contribution in [2.45, 2.75) is 131 Å². The zero-order valence-corrected chi connectivity index (χ0v) is 47.9. The summed E-state index contributed by atoms with van der Waals surface area (Å²) in [6, 6.07) is 1.44. The van der Waals surface area contributed by atoms with Crippen molar-refractivity contribution >= 4 is 57.5 Å². The molecule has 4 aromatic rings. The number of carbonyl (C=O) groups excluding carboxylic acids is 3. The van der Waals surface area contributed by atoms with Crippen molar-refractivity contribution in [3.8, 4) is 23.0 Å². The lowest BCUT2D eigenvalue weighted by atomic mass is 9.78. The van der Waals surface area contributed by atoms with E-state index in [4.69, 9.17) is 24.0 Å². The van der Waals surface area contributed by atoms with Crippen LogP contribution in [-0.2, 0) is 23.8 Å². The molecule has 5 aliphatic heterocycles. The van der Waals surface area contributed by atoms with Gasteiger partial charge < -0.3 is 59.8 Å². The molecule has 2 saturated heterocycles. The molecule has 20 nitrogen and oxygen atoms in total. The third-order valence-electron chi connectivity index (χ3n) is 17.7. The van der Waals surface area contributed by atoms with Crippen molar-refractivity contribution in [3.63, 3.8) is 0 Å². The number of methoxy groups -OCH3 is 1. The summed E-state index contributed by atoms with van der Waals surface area (Å²) in [7, 11) is 1.42. The number of amides is 1. The van der Waals surface area contributed by atoms with Gasteiger partial charge in [0, 0.05) is 87.3 Å². The van der Waals surface area contributed by atoms with Gasteiger partial charge in [0.2, 0.25) is 0 Å². The number of anilines is 2. The summed E-state index contributed by atoms with van der Waals surface area (Å²) in [6.07, 6.45) is 9.61. The molecule has 2 unspecified atom stereocenters. The number of nitrogens with one attached hydrogen (secondary N) is 1. The van der Waals surface area contributed by atoms with Gasteiger partial charge in [-0.25, -0.2) is 9.18 Å². The first-order valence-electron chi connectivity index (χ1n) is 28.0. The fourth-order valence-corrected chi connectivity index (χ4v) is 12.8. The zero-order chi connectivity index (χ0) is 59.5. The number of hydrazone groups is 1. The number of carboxylic acid groups (broad SMARTS) is 1. The number of halogens is 1. The van der Waals surface area contributed by atoms with Crippen LogP contribution in [0.25, 0.3) is 16.3 Å². The highest BCUT2D eigenvalue weighted by molar-refractivity contribution is 6.24. The Bertz CT molecular complexity index is 3440. The molecule has 1 saturated carbocycles. The second-order valence-electron chi connectivity index (χ2n) is 23.2. The lowest BCUT2D eigenvalue weighted by Crippen LogP contribution is -2.46. The lowest BCUT2D eigenvalue weighted by Gasteiger charge is -2.38. The molecular formula is C61H74FN5O15. The van der Waals surface area contributed by atoms with E-state index in [2.05, 4.69) is 5.32 Å². The summed E-state index contributed by atoms with van der Waals surface area (Å²) in [5.41, 5.74) is 0.348. The number of benzene rings is 2. The van der Waals surface area contributed by atoms with E-state index in [0.29, 0.717) is 49.4 Å². The molecule has 21 heteroatoms. The summed E-state index contributed by atoms with van der Waals surface area (Å²) in [5, 5.41) is 78.2. The predicted molar refractivity (Wildman–Crippen MR) is 303 cm³/mol. The number of phenols is 3. The second-order valence-corrected chi connectivity index (χ2v) is 23.2. The number of nitrogens with zero attached hydrogens (tertiary/aromatic N) is 4. The number of hydrogen-bond acceptors (Lipinski definition) is 17. The number of carboxylic acids is 1. The highest BCUT2D eigenvalue weighted by Gasteiger charge is 2.50. The molecule has 5 bridgehead atoms. The molecule has 10 rings (SSSR count). The van der Waals surface area contributed by atoms with Crippen molar-refractivity contribution in [1.29, 1.82) is 0 Å². The van der Waals surface area contributed by atoms with Crippen LogP contribution in [0.15, 0.2) is 58.3 Å². The number of phenolic OH excluding ortho intramolecular Hbond substituents is 3. The van der Waals surface area contributed by atoms with Gasteiger partial charge in [-0.1, -0.05) is 45.9 Å². The molecule has 3 fully saturated rings. The zero-order valence-electron chi connectivity index (χ0n) is 47.9. The molecule has 82 heavy (non-hydrogen) atoms. The Balaban J connectivity index is 1.06. The van der Waals surface area contributed by atoms with Crippen LogP contribution in [0.5, 0.6) is 23.0 Å². The third-order valence-corrected chi connectivity index (χ3v) is 17.7. The molecule has 7 N–H and O–H groups in total. The van der Waals surface area contributed by atoms with Gasteiger partial charge >= 0.3 is 17.7 Å². The maximum Gasteiger partial charge on any atom is 0.341 e. The Hall–Kier alpha value is -7.49. The van der Waals surface area contributed by atoms with Crippen molar-refractivity contribution in [2.75, 3.05) is 43.5 Å². The molecule has 2 aromatic heterocycles. The van der Waals surface area contributed by atoms with Gasteiger partial charge in [0.15, 0.2) is 11.6 Å². The number of carbonyl (C=O) groups is 4. The molecule has 0 spiro atoms. The molecule has 11 atom stereocenters. The van der Waals surface area contributed by atoms with Gasteiger partial charge in [-0.2, -0.15) is 5.10 Å². The third kappa shape index (κ3) is 10.8. The van der Waals surface area contributed by atoms with Gasteiger partial charge in [0.25, 0.3) is 17.2 Å². The average Bonchev–Trinajstić information content (AvgIpc) is 1.84. The number of esters is 1. The van der Waals surface area contributed by atoms with Crippen LogP contribution in [-0.4, -0.2) is 133 Å². The maximum atomic E-state index is 16.3. The van der Waals surface area contributed by atoms with E-state index in [1.807, 2.05) is 4.90 Å². The summed E-state index contributed by atoms with van der Waals surface area (Å²) in [6.45, 7) is 16.1. The average molecular weight is 1140 g/mol. The number of Topliss-reactive ketones (excluding diaryl/α,β-unsaturated/α-hetero) is 1. The van der Waals surface area contributed by atoms with Crippen molar-refractivity contribution in [2.24, 2.45) is 40.6 Å². The highest BCUT2D eigenvalue weighted by Crippen LogP contribution is 2.55. The first-order chi connectivity index (χ1) is 38.8. The molecule has 0 radical (unpaired) electrons. The Morgan fingerprint density at radius 1 is 0.890 bits per heavy atom. The number of aliphatic hydroxyl groups excluding tert-OH is 2. The fourth-order valence-electron chi connectivity index (χ4n) is 12.8. The number of ether oxygens (including phenoxy) is 4. The van der Waals surface area contributed by atoms with Crippen LogP contribution in [0.3, 0.4) is 0 Å². The Morgan fingerprint density at radius 3 is 2.27 bits per heavy atom. The minimum absolute atomic E-state index is 0.00806. The molecule has 1 aliphatic carbocycles. The van der Waals surface area contributed by atoms with Crippen LogP contribution >= 0.6 is 0 Å². The van der Waals surface area contributed by atoms with Crippen LogP contribution in [0.2, 0.25) is 0 Å². The molecule has 1 amide bonds. The summed E-state index contributed by atoms with van der Waals surface area (Å²) in [4.78, 5) is 68.8. The van der Waals surface area contributed by atoms with Gasteiger partial charge in [-0.3, -0.25) is 28.6 Å². The van der Waals surface area contributed by atoms with Crippen LogP contribution in [0.1, 0.15) is 129 Å². The van der Waals surface area contributed by atoms with E-state index < -0.39 is 112 Å². The number of piperidine rings is 1. The number of aryl methyl sites for hydroxylation is 1. The molecule has 2 aromatic carbocycles. The quantitative estimate of drug-likeness (QED) is 0.0381. The Kier molecular flexibility index (Phi) is 16.6. The van der Waals surface area contributed by atoms with Crippen LogP contribution in [0, 0.1) is 55.2 Å². The Labute approximate surface area is 474 Å².